The van der Waals surface area contributed by atoms with E-state index in [0.29, 0.717) is 8.35 Å². The van der Waals surface area contributed by atoms with E-state index in [1.807, 2.05) is 42.5 Å². The van der Waals surface area contributed by atoms with E-state index in [4.69, 9.17) is 9.97 Å². The molecule has 76 heavy (non-hydrogen) atoms. The van der Waals surface area contributed by atoms with Gasteiger partial charge in [0.1, 0.15) is 13.8 Å². The third-order valence-corrected chi connectivity index (χ3v) is 17.0. The van der Waals surface area contributed by atoms with E-state index in [1.54, 1.807) is 0 Å². The maximum atomic E-state index is 5.42. The van der Waals surface area contributed by atoms with Gasteiger partial charge < -0.3 is 0 Å². The van der Waals surface area contributed by atoms with Crippen molar-refractivity contribution in [1.29, 1.82) is 0 Å². The van der Waals surface area contributed by atoms with Crippen molar-refractivity contribution in [2.75, 3.05) is 0 Å². The normalized spacial score (nSPS) is 14.3. The summed E-state index contributed by atoms with van der Waals surface area (Å²) in [6.07, 6.45) is 14.0. The zero-order valence-corrected chi connectivity index (χ0v) is 46.3. The van der Waals surface area contributed by atoms with E-state index in [-0.39, 0.29) is 26.5 Å². The molecule has 0 fully saturated rings. The van der Waals surface area contributed by atoms with Crippen molar-refractivity contribution in [3.63, 3.8) is 0 Å². The Bertz CT molecular complexity index is 4200. The molecule has 0 radical (unpaired) electrons. The van der Waals surface area contributed by atoms with Crippen LogP contribution in [0.4, 0.5) is 0 Å². The van der Waals surface area contributed by atoms with Crippen molar-refractivity contribution >= 4 is 49.2 Å². The molecule has 0 N–H and O–H groups in total. The molecule has 3 aliphatic rings. The second-order valence-electron chi connectivity index (χ2n) is 21.1. The van der Waals surface area contributed by atoms with Gasteiger partial charge in [0.15, 0.2) is 18.9 Å². The van der Waals surface area contributed by atoms with E-state index in [0.717, 1.165) is 52.1 Å². The summed E-state index contributed by atoms with van der Waals surface area (Å²) in [6.45, 7) is 18.6. The number of benzene rings is 6. The van der Waals surface area contributed by atoms with Crippen LogP contribution in [-0.2, 0) is 44.9 Å². The average Bonchev–Trinajstić information content (AvgIpc) is 4.29. The van der Waals surface area contributed by atoms with Gasteiger partial charge >= 0.3 is 21.1 Å². The second kappa shape index (κ2) is 19.4. The van der Waals surface area contributed by atoms with E-state index < -0.39 is 5.41 Å². The molecule has 0 saturated carbocycles. The number of hydrogen-bond donors (Lipinski definition) is 0. The zero-order valence-electron chi connectivity index (χ0n) is 43.1. The van der Waals surface area contributed by atoms with Crippen molar-refractivity contribution in [2.24, 2.45) is 0 Å². The molecule has 0 saturated heterocycles. The largest absolute Gasteiger partial charge is 2.00 e. The van der Waals surface area contributed by atoms with Gasteiger partial charge in [0, 0.05) is 29.8 Å². The first-order valence-electron chi connectivity index (χ1n) is 25.9. The Kier molecular flexibility index (Phi) is 12.5. The molecule has 0 amide bonds. The monoisotopic (exact) mass is 1180 g/mol. The predicted octanol–water partition coefficient (Wildman–Crippen LogP) is 13.8. The Balaban J connectivity index is 0.000000155. The Morgan fingerprint density at radius 1 is 0.697 bits per heavy atom. The molecule has 1 unspecified atom stereocenters. The fourth-order valence-corrected chi connectivity index (χ4v) is 13.3. The van der Waals surface area contributed by atoms with Gasteiger partial charge in [-0.25, -0.2) is 0 Å². The number of pyridine rings is 4. The summed E-state index contributed by atoms with van der Waals surface area (Å²) in [4.78, 5) is 10.8. The summed E-state index contributed by atoms with van der Waals surface area (Å²) in [6, 6.07) is 67.1. The van der Waals surface area contributed by atoms with Crippen LogP contribution in [0.5, 0.6) is 0 Å². The average molecular weight is 1180 g/mol. The Labute approximate surface area is 461 Å². The number of hydrogen-bond acceptors (Lipinski definition) is 2. The summed E-state index contributed by atoms with van der Waals surface area (Å²) in [5.41, 5.74) is 22.9. The van der Waals surface area contributed by atoms with E-state index in [9.17, 15) is 0 Å². The summed E-state index contributed by atoms with van der Waals surface area (Å²) < 4.78 is 4.74. The van der Waals surface area contributed by atoms with Crippen molar-refractivity contribution in [3.8, 4) is 44.9 Å². The van der Waals surface area contributed by atoms with Crippen molar-refractivity contribution in [2.45, 2.75) is 51.5 Å². The summed E-state index contributed by atoms with van der Waals surface area (Å²) in [5, 5.41) is 5.11. The van der Waals surface area contributed by atoms with Gasteiger partial charge in [0.2, 0.25) is 11.2 Å². The molecule has 6 heteroatoms. The van der Waals surface area contributed by atoms with Gasteiger partial charge in [0.05, 0.1) is 27.5 Å². The molecule has 6 aromatic carbocycles. The van der Waals surface area contributed by atoms with Gasteiger partial charge in [-0.3, -0.25) is 9.97 Å². The van der Waals surface area contributed by atoms with Crippen LogP contribution in [0.1, 0.15) is 82.2 Å². The second-order valence-corrected chi connectivity index (χ2v) is 22.3. The smallest absolute Gasteiger partial charge is 0.300 e. The molecular formula is C70H55N4PPt+2. The topological polar surface area (TPSA) is 33.8 Å². The number of aryl methyl sites for hydroxylation is 1. The van der Waals surface area contributed by atoms with Gasteiger partial charge in [0.25, 0.3) is 0 Å². The summed E-state index contributed by atoms with van der Waals surface area (Å²) >= 11 is 0. The van der Waals surface area contributed by atoms with Gasteiger partial charge in [-0.15, -0.1) is 71.8 Å². The van der Waals surface area contributed by atoms with Crippen LogP contribution in [0.15, 0.2) is 195 Å². The minimum atomic E-state index is -0.715. The van der Waals surface area contributed by atoms with Gasteiger partial charge in [-0.2, -0.15) is 8.73 Å². The number of fused-ring (bicyclic) bond motifs is 15. The molecule has 4 nitrogen and oxygen atoms in total. The predicted molar refractivity (Wildman–Crippen MR) is 310 cm³/mol. The molecule has 5 aromatic heterocycles. The fourth-order valence-electron chi connectivity index (χ4n) is 11.9. The first-order chi connectivity index (χ1) is 36.6. The number of allylic oxidation sites excluding steroid dienone is 1. The quantitative estimate of drug-likeness (QED) is 0.127. The van der Waals surface area contributed by atoms with Crippen LogP contribution in [-0.4, -0.2) is 9.97 Å². The fraction of sp³-hybridized carbons (Fsp3) is 0.114. The number of rotatable bonds is 5. The molecule has 368 valence electrons. The third kappa shape index (κ3) is 8.10. The standard InChI is InChI=1S/C40H32N2.C30H23N2P.Pt/c1-27-21-23-31-32-24-22-30(39(2,3)4)26-34(32)40(33(31)25-27,37-19-11-17-35(41-37)28-13-7-5-8-14-28)38-20-12-18-36(42-38)29-15-9-6-10-16-29;1-3-24-21-10-8-9-20-15-23(30-28(19(20)2)27-12-5-7-14-32(27)33-30)17-22(16-21)25-18-31-13-6-4-11-26(31)29(24)25;/h5-13,15,17-26H,1-4H3;3-16,33H,1-2,17-18H2;/q-2;2*+2/b;10-8-,20-9+;. The number of nitrogens with zero attached hydrogens (tertiary/aromatic N) is 4. The van der Waals surface area contributed by atoms with E-state index in [1.165, 1.54) is 93.7 Å². The van der Waals surface area contributed by atoms with Crippen LogP contribution in [0.25, 0.3) is 85.7 Å². The zero-order chi connectivity index (χ0) is 51.0. The Morgan fingerprint density at radius 2 is 1.37 bits per heavy atom. The molecular weight excluding hydrogens is 1120 g/mol. The first kappa shape index (κ1) is 49.0. The minimum Gasteiger partial charge on any atom is -0.300 e. The minimum absolute atomic E-state index is 0. The SMILES string of the molecule is C=Cc1c2cc(c3c1-c1cccc[n+]1C3)Cc1c/c(c(=C)c3c1[pH][n+]1ccccc31)=C\C=C/2.Cc1ccc2c(c1)C(c1cccc(-c3[c-]cccc3)n1)(c1cccc(-c3[c-]cccc3)n1)c1cc(C(C)(C)C)ccc1-2.[Pt+2]. The van der Waals surface area contributed by atoms with Crippen LogP contribution in [0.3, 0.4) is 0 Å². The molecule has 14 rings (SSSR count). The van der Waals surface area contributed by atoms with Crippen LogP contribution in [0.2, 0.25) is 0 Å². The van der Waals surface area contributed by atoms with Crippen molar-refractivity contribution in [1.82, 2.24) is 9.97 Å². The Hall–Kier alpha value is -7.87. The van der Waals surface area contributed by atoms with Gasteiger partial charge in [-0.1, -0.05) is 131 Å². The maximum absolute atomic E-state index is 5.42. The molecule has 1 atom stereocenters. The summed E-state index contributed by atoms with van der Waals surface area (Å²) in [7, 11) is 0.610. The molecule has 0 spiro atoms. The van der Waals surface area contributed by atoms with Crippen LogP contribution >= 0.6 is 8.35 Å². The maximum Gasteiger partial charge on any atom is 2.00 e. The first-order valence-corrected chi connectivity index (χ1v) is 26.8. The molecule has 11 aromatic rings. The van der Waals surface area contributed by atoms with Crippen molar-refractivity contribution in [3.05, 3.63) is 279 Å². The molecule has 1 aliphatic heterocycles. The van der Waals surface area contributed by atoms with Crippen LogP contribution in [0, 0.1) is 19.1 Å². The van der Waals surface area contributed by atoms with Crippen LogP contribution < -0.4 is 19.2 Å². The number of aromatic nitrogens is 4. The third-order valence-electron chi connectivity index (χ3n) is 15.6. The molecule has 4 bridgehead atoms. The molecule has 2 aliphatic carbocycles. The van der Waals surface area contributed by atoms with Crippen molar-refractivity contribution < 1.29 is 29.8 Å². The van der Waals surface area contributed by atoms with E-state index in [2.05, 4.69) is 226 Å². The van der Waals surface area contributed by atoms with Gasteiger partial charge in [-0.05, 0) is 121 Å². The Morgan fingerprint density at radius 3 is 2.05 bits per heavy atom. The van der Waals surface area contributed by atoms with E-state index >= 15 is 0 Å². The summed E-state index contributed by atoms with van der Waals surface area (Å²) in [5.74, 6) is 0. The molecule has 6 heterocycles.